The highest BCUT2D eigenvalue weighted by atomic mass is 16.5. The number of benzene rings is 2. The summed E-state index contributed by atoms with van der Waals surface area (Å²) in [4.78, 5) is 40.1. The second-order valence-electron chi connectivity index (χ2n) is 7.57. The molecule has 0 aliphatic carbocycles. The predicted molar refractivity (Wildman–Crippen MR) is 121 cm³/mol. The summed E-state index contributed by atoms with van der Waals surface area (Å²) in [6.45, 7) is -0.139. The Morgan fingerprint density at radius 1 is 1.15 bits per heavy atom. The lowest BCUT2D eigenvalue weighted by Gasteiger charge is -2.15. The molecule has 172 valence electrons. The highest BCUT2D eigenvalue weighted by molar-refractivity contribution is 6.08. The number of carbonyl (C=O) groups is 2. The average molecular weight is 461 g/mol. The molecule has 2 N–H and O–H groups in total. The van der Waals surface area contributed by atoms with Crippen LogP contribution in [0.4, 0.5) is 5.69 Å². The summed E-state index contributed by atoms with van der Waals surface area (Å²) in [6.07, 6.45) is 0. The number of fused-ring (bicyclic) bond motifs is 2. The lowest BCUT2D eigenvalue weighted by molar-refractivity contribution is -0.136. The van der Waals surface area contributed by atoms with E-state index < -0.39 is 17.5 Å². The first-order chi connectivity index (χ1) is 16.5. The number of rotatable bonds is 6. The first kappa shape index (κ1) is 21.3. The van der Waals surface area contributed by atoms with E-state index in [4.69, 9.17) is 9.15 Å². The maximum atomic E-state index is 12.7. The molecule has 0 unspecified atom stereocenters. The van der Waals surface area contributed by atoms with Crippen LogP contribution in [0.5, 0.6) is 0 Å². The Kier molecular flexibility index (Phi) is 5.30. The third-order valence-corrected chi connectivity index (χ3v) is 5.44. The molecule has 11 heteroatoms. The normalized spacial score (nSPS) is 13.8. The van der Waals surface area contributed by atoms with Crippen molar-refractivity contribution in [3.8, 4) is 5.69 Å². The van der Waals surface area contributed by atoms with Crippen LogP contribution >= 0.6 is 0 Å². The summed E-state index contributed by atoms with van der Waals surface area (Å²) in [5.41, 5.74) is 1.72. The molecule has 5 rings (SSSR count). The molecule has 3 heterocycles. The maximum absolute atomic E-state index is 12.7. The summed E-state index contributed by atoms with van der Waals surface area (Å²) < 4.78 is 10.3. The molecule has 1 aliphatic heterocycles. The van der Waals surface area contributed by atoms with Gasteiger partial charge >= 0.3 is 11.6 Å². The Labute approximate surface area is 191 Å². The number of amides is 1. The van der Waals surface area contributed by atoms with Crippen LogP contribution in [0.25, 0.3) is 27.7 Å². The van der Waals surface area contributed by atoms with Crippen LogP contribution in [0.1, 0.15) is 0 Å². The zero-order chi connectivity index (χ0) is 23.8. The smallest absolute Gasteiger partial charge is 0.364 e. The largest absolute Gasteiger partial charge is 0.466 e. The standard InChI is InChI=1S/C23H19N5O6/c1-33-22(31)15-12-27(8-9-29)21(30)20(15)24-14-7-6-13-10-18(23(32)34-19(13)11-14)28-25-16-4-2-3-5-17(16)26-28/h2-7,10-11,24,29H,8-9,12H2,1H3. The summed E-state index contributed by atoms with van der Waals surface area (Å²) >= 11 is 0. The number of carbonyl (C=O) groups excluding carboxylic acids is 2. The van der Waals surface area contributed by atoms with E-state index >= 15 is 0 Å². The van der Waals surface area contributed by atoms with Gasteiger partial charge in [-0.2, -0.15) is 0 Å². The van der Waals surface area contributed by atoms with Gasteiger partial charge in [0.15, 0.2) is 5.69 Å². The van der Waals surface area contributed by atoms with Crippen LogP contribution in [0.15, 0.2) is 69.0 Å². The van der Waals surface area contributed by atoms with Gasteiger partial charge in [0.05, 0.1) is 25.8 Å². The van der Waals surface area contributed by atoms with Gasteiger partial charge < -0.3 is 24.5 Å². The second-order valence-corrected chi connectivity index (χ2v) is 7.57. The van der Waals surface area contributed by atoms with Crippen LogP contribution in [-0.2, 0) is 14.3 Å². The van der Waals surface area contributed by atoms with E-state index in [9.17, 15) is 19.5 Å². The van der Waals surface area contributed by atoms with Crippen molar-refractivity contribution < 1.29 is 23.8 Å². The van der Waals surface area contributed by atoms with Crippen molar-refractivity contribution in [1.29, 1.82) is 0 Å². The molecule has 34 heavy (non-hydrogen) atoms. The van der Waals surface area contributed by atoms with Gasteiger partial charge in [-0.1, -0.05) is 12.1 Å². The monoisotopic (exact) mass is 461 g/mol. The summed E-state index contributed by atoms with van der Waals surface area (Å²) in [6, 6.07) is 13.8. The number of ether oxygens (including phenoxy) is 1. The van der Waals surface area contributed by atoms with Crippen molar-refractivity contribution in [2.75, 3.05) is 32.1 Å². The minimum Gasteiger partial charge on any atom is -0.466 e. The summed E-state index contributed by atoms with van der Waals surface area (Å²) in [5.74, 6) is -1.09. The second kappa shape index (κ2) is 8.45. The van der Waals surface area contributed by atoms with Crippen molar-refractivity contribution >= 4 is 39.6 Å². The fourth-order valence-electron chi connectivity index (χ4n) is 3.78. The van der Waals surface area contributed by atoms with Crippen molar-refractivity contribution in [3.05, 3.63) is 70.2 Å². The molecule has 0 atom stereocenters. The van der Waals surface area contributed by atoms with Crippen LogP contribution in [0.3, 0.4) is 0 Å². The molecule has 2 aromatic carbocycles. The van der Waals surface area contributed by atoms with Crippen LogP contribution < -0.4 is 10.9 Å². The number of hydrogen-bond donors (Lipinski definition) is 2. The number of aliphatic hydroxyl groups is 1. The van der Waals surface area contributed by atoms with Gasteiger partial charge in [0.1, 0.15) is 22.3 Å². The SMILES string of the molecule is COC(=O)C1=C(Nc2ccc3cc(-n4nc5ccccc5n4)c(=O)oc3c2)C(=O)N(CCO)C1. The van der Waals surface area contributed by atoms with E-state index in [-0.39, 0.29) is 42.2 Å². The molecule has 1 aliphatic rings. The lowest BCUT2D eigenvalue weighted by Crippen LogP contribution is -2.31. The Morgan fingerprint density at radius 3 is 2.56 bits per heavy atom. The maximum Gasteiger partial charge on any atom is 0.364 e. The number of aliphatic hydroxyl groups excluding tert-OH is 1. The van der Waals surface area contributed by atoms with Crippen LogP contribution in [0.2, 0.25) is 0 Å². The number of esters is 1. The van der Waals surface area contributed by atoms with Crippen LogP contribution in [0, 0.1) is 0 Å². The number of methoxy groups -OCH3 is 1. The Hall–Kier alpha value is -4.51. The minimum atomic E-state index is -0.646. The quantitative estimate of drug-likeness (QED) is 0.320. The number of β-amino-alcohol motifs (C(OH)–C–C–N with tert-alkyl or cyclic N) is 1. The highest BCUT2D eigenvalue weighted by Crippen LogP contribution is 2.25. The molecule has 2 aromatic heterocycles. The third kappa shape index (κ3) is 3.67. The topological polar surface area (TPSA) is 140 Å². The zero-order valence-electron chi connectivity index (χ0n) is 18.0. The number of hydrogen-bond acceptors (Lipinski definition) is 9. The molecular weight excluding hydrogens is 442 g/mol. The van der Waals surface area contributed by atoms with E-state index in [2.05, 4.69) is 15.5 Å². The van der Waals surface area contributed by atoms with Gasteiger partial charge in [-0.25, -0.2) is 9.59 Å². The number of nitrogens with one attached hydrogen (secondary N) is 1. The van der Waals surface area contributed by atoms with Gasteiger partial charge in [0.25, 0.3) is 5.91 Å². The van der Waals surface area contributed by atoms with E-state index in [0.29, 0.717) is 22.1 Å². The Morgan fingerprint density at radius 2 is 1.88 bits per heavy atom. The van der Waals surface area contributed by atoms with Crippen molar-refractivity contribution in [2.24, 2.45) is 0 Å². The molecule has 0 saturated heterocycles. The van der Waals surface area contributed by atoms with E-state index in [1.807, 2.05) is 12.1 Å². The Bertz CT molecular complexity index is 1500. The van der Waals surface area contributed by atoms with Gasteiger partial charge in [-0.3, -0.25) is 4.79 Å². The van der Waals surface area contributed by atoms with Crippen molar-refractivity contribution in [1.82, 2.24) is 19.9 Å². The van der Waals surface area contributed by atoms with E-state index in [0.717, 1.165) is 0 Å². The number of nitrogens with zero attached hydrogens (tertiary/aromatic N) is 4. The third-order valence-electron chi connectivity index (χ3n) is 5.44. The Balaban J connectivity index is 1.49. The molecule has 1 amide bonds. The van der Waals surface area contributed by atoms with E-state index in [1.165, 1.54) is 16.8 Å². The van der Waals surface area contributed by atoms with Crippen LogP contribution in [-0.4, -0.2) is 63.7 Å². The number of anilines is 1. The van der Waals surface area contributed by atoms with Gasteiger partial charge in [0.2, 0.25) is 0 Å². The fraction of sp³-hybridized carbons (Fsp3) is 0.174. The highest BCUT2D eigenvalue weighted by Gasteiger charge is 2.34. The zero-order valence-corrected chi connectivity index (χ0v) is 18.0. The molecule has 4 aromatic rings. The fourth-order valence-corrected chi connectivity index (χ4v) is 3.78. The predicted octanol–water partition coefficient (Wildman–Crippen LogP) is 1.20. The molecule has 0 saturated carbocycles. The molecule has 0 radical (unpaired) electrons. The molecule has 0 fully saturated rings. The first-order valence-corrected chi connectivity index (χ1v) is 10.4. The van der Waals surface area contributed by atoms with Crippen molar-refractivity contribution in [3.63, 3.8) is 0 Å². The van der Waals surface area contributed by atoms with Gasteiger partial charge in [0, 0.05) is 23.7 Å². The molecule has 0 bridgehead atoms. The van der Waals surface area contributed by atoms with Gasteiger partial charge in [-0.15, -0.1) is 15.0 Å². The summed E-state index contributed by atoms with van der Waals surface area (Å²) in [5, 5.41) is 21.4. The molecular formula is C23H19N5O6. The van der Waals surface area contributed by atoms with Gasteiger partial charge in [-0.05, 0) is 30.3 Å². The first-order valence-electron chi connectivity index (χ1n) is 10.4. The van der Waals surface area contributed by atoms with Crippen molar-refractivity contribution in [2.45, 2.75) is 0 Å². The lowest BCUT2D eigenvalue weighted by atomic mass is 10.2. The summed E-state index contributed by atoms with van der Waals surface area (Å²) in [7, 11) is 1.23. The molecule has 0 spiro atoms. The molecule has 11 nitrogen and oxygen atoms in total. The minimum absolute atomic E-state index is 0.0195. The number of aromatic nitrogens is 3. The average Bonchev–Trinajstić information content (AvgIpc) is 3.40. The van der Waals surface area contributed by atoms with E-state index in [1.54, 1.807) is 36.4 Å².